The second-order valence-corrected chi connectivity index (χ2v) is 8.77. The number of unbranched alkanes of at least 4 members (excludes halogenated alkanes) is 1. The van der Waals surface area contributed by atoms with E-state index < -0.39 is 17.2 Å². The van der Waals surface area contributed by atoms with Crippen LogP contribution in [-0.4, -0.2) is 23.7 Å². The monoisotopic (exact) mass is 388 g/mol. The van der Waals surface area contributed by atoms with Crippen LogP contribution in [0.15, 0.2) is 29.2 Å². The zero-order valence-corrected chi connectivity index (χ0v) is 16.4. The summed E-state index contributed by atoms with van der Waals surface area (Å²) in [6.07, 6.45) is -0.678. The van der Waals surface area contributed by atoms with Crippen molar-refractivity contribution in [2.75, 3.05) is 6.61 Å². The molecule has 1 heterocycles. The van der Waals surface area contributed by atoms with Crippen molar-refractivity contribution in [2.24, 2.45) is 5.41 Å². The van der Waals surface area contributed by atoms with E-state index in [1.807, 2.05) is 13.8 Å². The first-order valence-electron chi connectivity index (χ1n) is 9.13. The van der Waals surface area contributed by atoms with E-state index in [9.17, 15) is 18.0 Å². The van der Waals surface area contributed by atoms with Crippen LogP contribution < -0.4 is 0 Å². The molecule has 1 aliphatic heterocycles. The standard InChI is InChI=1S/C20H27F3O2S/c1-4-5-9-17(24)19(2,3)18-13-16(10-11-25-18)26-15-8-6-7-14(12-15)20(21,22)23/h6-8,12,16,18H,4-5,9-11,13H2,1-3H3. The maximum absolute atomic E-state index is 12.9. The molecule has 2 rings (SSSR count). The smallest absolute Gasteiger partial charge is 0.377 e. The van der Waals surface area contributed by atoms with E-state index in [0.29, 0.717) is 24.3 Å². The summed E-state index contributed by atoms with van der Waals surface area (Å²) in [4.78, 5) is 13.1. The van der Waals surface area contributed by atoms with Crippen LogP contribution in [-0.2, 0) is 15.7 Å². The van der Waals surface area contributed by atoms with Crippen LogP contribution in [0.4, 0.5) is 13.2 Å². The highest BCUT2D eigenvalue weighted by molar-refractivity contribution is 8.00. The quantitative estimate of drug-likeness (QED) is 0.562. The highest BCUT2D eigenvalue weighted by Crippen LogP contribution is 2.40. The van der Waals surface area contributed by atoms with Gasteiger partial charge in [0.1, 0.15) is 5.78 Å². The summed E-state index contributed by atoms with van der Waals surface area (Å²) < 4.78 is 44.5. The van der Waals surface area contributed by atoms with Gasteiger partial charge in [-0.15, -0.1) is 11.8 Å². The van der Waals surface area contributed by atoms with Gasteiger partial charge in [-0.05, 0) is 37.5 Å². The molecule has 0 amide bonds. The van der Waals surface area contributed by atoms with Gasteiger partial charge in [0.25, 0.3) is 0 Å². The van der Waals surface area contributed by atoms with Crippen molar-refractivity contribution in [3.63, 3.8) is 0 Å². The summed E-state index contributed by atoms with van der Waals surface area (Å²) in [5, 5.41) is 0.149. The predicted octanol–water partition coefficient (Wildman–Crippen LogP) is 6.13. The van der Waals surface area contributed by atoms with Gasteiger partial charge in [0.05, 0.1) is 11.7 Å². The normalized spacial score (nSPS) is 21.6. The number of hydrogen-bond donors (Lipinski definition) is 0. The van der Waals surface area contributed by atoms with Crippen molar-refractivity contribution >= 4 is 17.5 Å². The molecule has 6 heteroatoms. The molecule has 2 unspecified atom stereocenters. The fraction of sp³-hybridized carbons (Fsp3) is 0.650. The minimum absolute atomic E-state index is 0.149. The molecule has 2 nitrogen and oxygen atoms in total. The largest absolute Gasteiger partial charge is 0.416 e. The summed E-state index contributed by atoms with van der Waals surface area (Å²) in [6.45, 7) is 6.44. The Morgan fingerprint density at radius 3 is 2.69 bits per heavy atom. The molecule has 0 N–H and O–H groups in total. The van der Waals surface area contributed by atoms with Gasteiger partial charge in [0, 0.05) is 28.6 Å². The molecule has 0 radical (unpaired) electrons. The van der Waals surface area contributed by atoms with Crippen molar-refractivity contribution in [1.29, 1.82) is 0 Å². The second-order valence-electron chi connectivity index (χ2n) is 7.40. The van der Waals surface area contributed by atoms with E-state index in [0.717, 1.165) is 25.3 Å². The zero-order valence-electron chi connectivity index (χ0n) is 15.6. The minimum Gasteiger partial charge on any atom is -0.377 e. The van der Waals surface area contributed by atoms with Crippen LogP contribution in [0.1, 0.15) is 58.4 Å². The second kappa shape index (κ2) is 8.79. The van der Waals surface area contributed by atoms with Gasteiger partial charge in [-0.1, -0.05) is 33.3 Å². The number of carbonyl (C=O) groups is 1. The van der Waals surface area contributed by atoms with Gasteiger partial charge in [-0.2, -0.15) is 13.2 Å². The molecule has 1 saturated heterocycles. The number of hydrogen-bond acceptors (Lipinski definition) is 3. The van der Waals surface area contributed by atoms with Crippen LogP contribution in [0.5, 0.6) is 0 Å². The molecular formula is C20H27F3O2S. The predicted molar refractivity (Wildman–Crippen MR) is 98.4 cm³/mol. The molecule has 2 atom stereocenters. The summed E-state index contributed by atoms with van der Waals surface area (Å²) in [5.74, 6) is 0.203. The summed E-state index contributed by atoms with van der Waals surface area (Å²) in [7, 11) is 0. The van der Waals surface area contributed by atoms with E-state index in [1.165, 1.54) is 23.9 Å². The van der Waals surface area contributed by atoms with Gasteiger partial charge in [0.15, 0.2) is 0 Å². The average molecular weight is 388 g/mol. The van der Waals surface area contributed by atoms with E-state index in [4.69, 9.17) is 4.74 Å². The third-order valence-corrected chi connectivity index (χ3v) is 6.27. The van der Waals surface area contributed by atoms with E-state index in [2.05, 4.69) is 6.92 Å². The van der Waals surface area contributed by atoms with Crippen molar-refractivity contribution in [3.05, 3.63) is 29.8 Å². The zero-order chi connectivity index (χ0) is 19.4. The fourth-order valence-corrected chi connectivity index (χ4v) is 4.38. The topological polar surface area (TPSA) is 26.3 Å². The molecule has 1 aliphatic rings. The fourth-order valence-electron chi connectivity index (χ4n) is 3.15. The highest BCUT2D eigenvalue weighted by Gasteiger charge is 2.40. The van der Waals surface area contributed by atoms with Crippen molar-refractivity contribution < 1.29 is 22.7 Å². The molecule has 0 aromatic heterocycles. The highest BCUT2D eigenvalue weighted by atomic mass is 32.2. The van der Waals surface area contributed by atoms with Crippen LogP contribution >= 0.6 is 11.8 Å². The summed E-state index contributed by atoms with van der Waals surface area (Å²) >= 11 is 1.45. The first kappa shape index (κ1) is 21.3. The molecule has 146 valence electrons. The Hall–Kier alpha value is -1.01. The number of ether oxygens (including phenoxy) is 1. The number of benzene rings is 1. The molecule has 0 aliphatic carbocycles. The number of halogens is 3. The molecule has 1 aromatic carbocycles. The SMILES string of the molecule is CCCCC(=O)C(C)(C)C1CC(Sc2cccc(C(F)(F)F)c2)CCO1. The van der Waals surface area contributed by atoms with Gasteiger partial charge < -0.3 is 4.74 Å². The Bertz CT molecular complexity index is 613. The average Bonchev–Trinajstić information content (AvgIpc) is 2.59. The third kappa shape index (κ3) is 5.49. The molecule has 0 saturated carbocycles. The van der Waals surface area contributed by atoms with Gasteiger partial charge in [-0.25, -0.2) is 0 Å². The lowest BCUT2D eigenvalue weighted by atomic mass is 9.77. The molecular weight excluding hydrogens is 361 g/mol. The Morgan fingerprint density at radius 2 is 2.04 bits per heavy atom. The lowest BCUT2D eigenvalue weighted by molar-refractivity contribution is -0.139. The maximum Gasteiger partial charge on any atom is 0.416 e. The van der Waals surface area contributed by atoms with Crippen molar-refractivity contribution in [2.45, 2.75) is 75.3 Å². The van der Waals surface area contributed by atoms with Gasteiger partial charge in [0.2, 0.25) is 0 Å². The Labute approximate surface area is 157 Å². The van der Waals surface area contributed by atoms with Crippen LogP contribution in [0.25, 0.3) is 0 Å². The number of thioether (sulfide) groups is 1. The van der Waals surface area contributed by atoms with E-state index in [1.54, 1.807) is 6.07 Å². The molecule has 0 bridgehead atoms. The maximum atomic E-state index is 12.9. The Kier molecular flexibility index (Phi) is 7.19. The lowest BCUT2D eigenvalue weighted by Gasteiger charge is -2.38. The van der Waals surface area contributed by atoms with Crippen LogP contribution in [0.2, 0.25) is 0 Å². The Morgan fingerprint density at radius 1 is 1.31 bits per heavy atom. The van der Waals surface area contributed by atoms with Gasteiger partial charge >= 0.3 is 6.18 Å². The molecule has 1 fully saturated rings. The number of Topliss-reactive ketones (excluding diaryl/α,β-unsaturated/α-hetero) is 1. The van der Waals surface area contributed by atoms with Crippen LogP contribution in [0.3, 0.4) is 0 Å². The van der Waals surface area contributed by atoms with E-state index >= 15 is 0 Å². The molecule has 1 aromatic rings. The third-order valence-electron chi connectivity index (χ3n) is 4.98. The first-order valence-corrected chi connectivity index (χ1v) is 10.0. The van der Waals surface area contributed by atoms with E-state index in [-0.39, 0.29) is 17.1 Å². The van der Waals surface area contributed by atoms with Gasteiger partial charge in [-0.3, -0.25) is 4.79 Å². The molecule has 26 heavy (non-hydrogen) atoms. The first-order chi connectivity index (χ1) is 12.1. The molecule has 0 spiro atoms. The van der Waals surface area contributed by atoms with Crippen LogP contribution in [0, 0.1) is 5.41 Å². The summed E-state index contributed by atoms with van der Waals surface area (Å²) in [6, 6.07) is 5.45. The van der Waals surface area contributed by atoms with Crippen molar-refractivity contribution in [1.82, 2.24) is 0 Å². The number of alkyl halides is 3. The lowest BCUT2D eigenvalue weighted by Crippen LogP contribution is -2.43. The number of carbonyl (C=O) groups excluding carboxylic acids is 1. The minimum atomic E-state index is -4.33. The number of ketones is 1. The Balaban J connectivity index is 2.03. The van der Waals surface area contributed by atoms with Crippen molar-refractivity contribution in [3.8, 4) is 0 Å². The summed E-state index contributed by atoms with van der Waals surface area (Å²) in [5.41, 5.74) is -1.19. The number of rotatable bonds is 7.